The summed E-state index contributed by atoms with van der Waals surface area (Å²) in [6, 6.07) is 16.2. The number of rotatable bonds is 3. The van der Waals surface area contributed by atoms with Crippen LogP contribution >= 0.6 is 34.2 Å². The van der Waals surface area contributed by atoms with Crippen LogP contribution in [0.3, 0.4) is 0 Å². The summed E-state index contributed by atoms with van der Waals surface area (Å²) >= 11 is 8.26. The third-order valence-electron chi connectivity index (χ3n) is 3.75. The summed E-state index contributed by atoms with van der Waals surface area (Å²) in [6.45, 7) is 2.02. The third-order valence-corrected chi connectivity index (χ3v) is 6.02. The lowest BCUT2D eigenvalue weighted by Crippen LogP contribution is -2.12. The molecule has 0 atom stereocenters. The first-order chi connectivity index (χ1) is 11.3. The molecule has 0 bridgehead atoms. The topological polar surface area (TPSA) is 65.1 Å². The fraction of sp³-hybridized carbons (Fsp3) is 0.0588. The molecule has 0 spiro atoms. The molecular formula is C17H14ClIN2O2S. The summed E-state index contributed by atoms with van der Waals surface area (Å²) in [6.07, 6.45) is 0. The predicted molar refractivity (Wildman–Crippen MR) is 105 cm³/mol. The Bertz CT molecular complexity index is 994. The van der Waals surface area contributed by atoms with Crippen LogP contribution in [0.5, 0.6) is 0 Å². The lowest BCUT2D eigenvalue weighted by molar-refractivity contribution is 0.598. The van der Waals surface area contributed by atoms with Gasteiger partial charge >= 0.3 is 0 Å². The number of nitrogens with zero attached hydrogens (tertiary/aromatic N) is 1. The van der Waals surface area contributed by atoms with Gasteiger partial charge in [-0.05, 0) is 77.5 Å². The Kier molecular flexibility index (Phi) is 4.74. The summed E-state index contributed by atoms with van der Waals surface area (Å²) in [4.78, 5) is 0.0961. The van der Waals surface area contributed by atoms with Crippen molar-refractivity contribution in [3.05, 3.63) is 68.9 Å². The average Bonchev–Trinajstić information content (AvgIpc) is 2.83. The van der Waals surface area contributed by atoms with E-state index in [0.29, 0.717) is 5.02 Å². The zero-order valence-corrected chi connectivity index (χ0v) is 16.4. The van der Waals surface area contributed by atoms with Gasteiger partial charge in [-0.25, -0.2) is 13.6 Å². The molecule has 0 unspecified atom stereocenters. The number of nitrogens with two attached hydrogens (primary N) is 1. The monoisotopic (exact) mass is 472 g/mol. The van der Waals surface area contributed by atoms with Gasteiger partial charge in [0.05, 0.1) is 10.6 Å². The van der Waals surface area contributed by atoms with Crippen molar-refractivity contribution >= 4 is 44.2 Å². The Morgan fingerprint density at radius 3 is 2.17 bits per heavy atom. The first kappa shape index (κ1) is 17.5. The smallest absolute Gasteiger partial charge is 0.238 e. The van der Waals surface area contributed by atoms with Crippen molar-refractivity contribution in [1.82, 2.24) is 4.57 Å². The van der Waals surface area contributed by atoms with E-state index < -0.39 is 10.0 Å². The molecule has 0 aliphatic carbocycles. The molecule has 3 rings (SSSR count). The quantitative estimate of drug-likeness (QED) is 0.576. The molecule has 4 nitrogen and oxygen atoms in total. The van der Waals surface area contributed by atoms with Crippen molar-refractivity contribution in [3.63, 3.8) is 0 Å². The lowest BCUT2D eigenvalue weighted by Gasteiger charge is -2.13. The normalized spacial score (nSPS) is 11.7. The zero-order chi connectivity index (χ0) is 17.5. The highest BCUT2D eigenvalue weighted by atomic mass is 127. The van der Waals surface area contributed by atoms with Gasteiger partial charge in [-0.3, -0.25) is 0 Å². The highest BCUT2D eigenvalue weighted by Crippen LogP contribution is 2.31. The van der Waals surface area contributed by atoms with Crippen LogP contribution in [0, 0.1) is 10.5 Å². The second-order valence-electron chi connectivity index (χ2n) is 5.34. The molecule has 124 valence electrons. The van der Waals surface area contributed by atoms with Crippen LogP contribution in [0.4, 0.5) is 0 Å². The molecule has 0 saturated carbocycles. The van der Waals surface area contributed by atoms with E-state index in [0.717, 1.165) is 26.2 Å². The SMILES string of the molecule is Cc1c(I)cc(-c2ccc(Cl)cc2)n1-c1ccc(S(N)(=O)=O)cc1. The van der Waals surface area contributed by atoms with Gasteiger partial charge in [0.2, 0.25) is 10.0 Å². The molecule has 0 fully saturated rings. The van der Waals surface area contributed by atoms with Crippen LogP contribution in [-0.2, 0) is 10.0 Å². The van der Waals surface area contributed by atoms with Gasteiger partial charge in [0.25, 0.3) is 0 Å². The van der Waals surface area contributed by atoms with Gasteiger partial charge in [0.1, 0.15) is 0 Å². The van der Waals surface area contributed by atoms with Gasteiger partial charge in [-0.2, -0.15) is 0 Å². The highest BCUT2D eigenvalue weighted by Gasteiger charge is 2.14. The Morgan fingerprint density at radius 1 is 1.04 bits per heavy atom. The standard InChI is InChI=1S/C17H14ClIN2O2S/c1-11-16(19)10-17(12-2-4-13(18)5-3-12)21(11)14-6-8-15(9-7-14)24(20,22)23/h2-10H,1H3,(H2,20,22,23). The van der Waals surface area contributed by atoms with E-state index in [2.05, 4.69) is 33.2 Å². The lowest BCUT2D eigenvalue weighted by atomic mass is 10.1. The second-order valence-corrected chi connectivity index (χ2v) is 8.50. The number of hydrogen-bond acceptors (Lipinski definition) is 2. The fourth-order valence-corrected chi connectivity index (χ4v) is 3.70. The molecule has 0 saturated heterocycles. The minimum absolute atomic E-state index is 0.0961. The van der Waals surface area contributed by atoms with E-state index in [4.69, 9.17) is 16.7 Å². The molecule has 2 N–H and O–H groups in total. The molecule has 0 radical (unpaired) electrons. The summed E-state index contributed by atoms with van der Waals surface area (Å²) in [5, 5.41) is 5.85. The van der Waals surface area contributed by atoms with E-state index in [1.54, 1.807) is 12.1 Å². The summed E-state index contributed by atoms with van der Waals surface area (Å²) in [5.74, 6) is 0. The Hall–Kier alpha value is -1.35. The van der Waals surface area contributed by atoms with Crippen LogP contribution in [0.25, 0.3) is 16.9 Å². The van der Waals surface area contributed by atoms with Gasteiger partial charge in [0, 0.05) is 20.0 Å². The van der Waals surface area contributed by atoms with Gasteiger partial charge < -0.3 is 4.57 Å². The number of halogens is 2. The van der Waals surface area contributed by atoms with E-state index in [9.17, 15) is 8.42 Å². The number of sulfonamides is 1. The Balaban J connectivity index is 2.16. The molecular weight excluding hydrogens is 459 g/mol. The van der Waals surface area contributed by atoms with Crippen LogP contribution in [-0.4, -0.2) is 13.0 Å². The molecule has 7 heteroatoms. The first-order valence-corrected chi connectivity index (χ1v) is 10.0. The number of hydrogen-bond donors (Lipinski definition) is 1. The maximum Gasteiger partial charge on any atom is 0.238 e. The number of primary sulfonamides is 1. The van der Waals surface area contributed by atoms with Crippen molar-refractivity contribution in [2.75, 3.05) is 0 Å². The third kappa shape index (κ3) is 3.37. The summed E-state index contributed by atoms with van der Waals surface area (Å²) in [7, 11) is -3.70. The van der Waals surface area contributed by atoms with Gasteiger partial charge in [-0.1, -0.05) is 23.7 Å². The molecule has 24 heavy (non-hydrogen) atoms. The van der Waals surface area contributed by atoms with E-state index in [1.165, 1.54) is 12.1 Å². The molecule has 0 amide bonds. The maximum atomic E-state index is 11.4. The molecule has 2 aromatic carbocycles. The van der Waals surface area contributed by atoms with Crippen LogP contribution in [0.15, 0.2) is 59.5 Å². The fourth-order valence-electron chi connectivity index (χ4n) is 2.53. The largest absolute Gasteiger partial charge is 0.313 e. The summed E-state index contributed by atoms with van der Waals surface area (Å²) < 4.78 is 26.1. The minimum atomic E-state index is -3.70. The van der Waals surface area contributed by atoms with Crippen molar-refractivity contribution < 1.29 is 8.42 Å². The molecule has 3 aromatic rings. The van der Waals surface area contributed by atoms with Crippen LogP contribution < -0.4 is 5.14 Å². The molecule has 0 aliphatic heterocycles. The average molecular weight is 473 g/mol. The molecule has 1 heterocycles. The Morgan fingerprint density at radius 2 is 1.62 bits per heavy atom. The van der Waals surface area contributed by atoms with Crippen LogP contribution in [0.2, 0.25) is 5.02 Å². The van der Waals surface area contributed by atoms with Gasteiger partial charge in [-0.15, -0.1) is 0 Å². The van der Waals surface area contributed by atoms with Gasteiger partial charge in [0.15, 0.2) is 0 Å². The Labute approximate surface area is 159 Å². The second kappa shape index (κ2) is 6.51. The highest BCUT2D eigenvalue weighted by molar-refractivity contribution is 14.1. The number of benzene rings is 2. The van der Waals surface area contributed by atoms with E-state index >= 15 is 0 Å². The maximum absolute atomic E-state index is 11.4. The molecule has 1 aromatic heterocycles. The van der Waals surface area contributed by atoms with Crippen molar-refractivity contribution in [2.24, 2.45) is 5.14 Å². The van der Waals surface area contributed by atoms with Crippen molar-refractivity contribution in [2.45, 2.75) is 11.8 Å². The first-order valence-electron chi connectivity index (χ1n) is 7.04. The molecule has 0 aliphatic rings. The summed E-state index contributed by atoms with van der Waals surface area (Å²) in [5.41, 5.74) is 3.98. The van der Waals surface area contributed by atoms with E-state index in [1.807, 2.05) is 31.2 Å². The van der Waals surface area contributed by atoms with Crippen LogP contribution in [0.1, 0.15) is 5.69 Å². The minimum Gasteiger partial charge on any atom is -0.313 e. The predicted octanol–water partition coefficient (Wildman–Crippen LogP) is 4.36. The number of aromatic nitrogens is 1. The van der Waals surface area contributed by atoms with Crippen molar-refractivity contribution in [3.8, 4) is 16.9 Å². The van der Waals surface area contributed by atoms with Crippen molar-refractivity contribution in [1.29, 1.82) is 0 Å². The van der Waals surface area contributed by atoms with E-state index in [-0.39, 0.29) is 4.90 Å². The zero-order valence-electron chi connectivity index (χ0n) is 12.7.